The number of carbonyl (C=O) groups excluding carboxylic acids is 3. The number of hydrogen-bond donors (Lipinski definition) is 2. The van der Waals surface area contributed by atoms with E-state index in [4.69, 9.17) is 9.47 Å². The zero-order chi connectivity index (χ0) is 23.9. The quantitative estimate of drug-likeness (QED) is 0.560. The van der Waals surface area contributed by atoms with Crippen molar-refractivity contribution in [1.29, 1.82) is 0 Å². The van der Waals surface area contributed by atoms with Gasteiger partial charge in [-0.1, -0.05) is 18.2 Å². The van der Waals surface area contributed by atoms with E-state index >= 15 is 0 Å². The van der Waals surface area contributed by atoms with Crippen LogP contribution < -0.4 is 20.1 Å². The minimum Gasteiger partial charge on any atom is -0.486 e. The van der Waals surface area contributed by atoms with Crippen LogP contribution in [-0.4, -0.2) is 48.9 Å². The molecule has 0 saturated heterocycles. The van der Waals surface area contributed by atoms with Gasteiger partial charge in [-0.15, -0.1) is 0 Å². The van der Waals surface area contributed by atoms with E-state index in [-0.39, 0.29) is 24.3 Å². The molecule has 0 saturated carbocycles. The zero-order valence-corrected chi connectivity index (χ0v) is 18.7. The van der Waals surface area contributed by atoms with Crippen LogP contribution in [0.25, 0.3) is 0 Å². The number of nitrogens with one attached hydrogen (secondary N) is 2. The summed E-state index contributed by atoms with van der Waals surface area (Å²) in [6.07, 6.45) is 0. The number of anilines is 2. The van der Waals surface area contributed by atoms with Crippen molar-refractivity contribution in [2.24, 2.45) is 0 Å². The van der Waals surface area contributed by atoms with Crippen LogP contribution in [0.1, 0.15) is 27.6 Å². The van der Waals surface area contributed by atoms with Gasteiger partial charge in [0, 0.05) is 35.1 Å². The number of rotatable bonds is 7. The lowest BCUT2D eigenvalue weighted by Gasteiger charge is -2.21. The van der Waals surface area contributed by atoms with E-state index < -0.39 is 0 Å². The van der Waals surface area contributed by atoms with Crippen LogP contribution in [0.4, 0.5) is 11.4 Å². The van der Waals surface area contributed by atoms with Gasteiger partial charge in [0.15, 0.2) is 11.5 Å². The predicted molar refractivity (Wildman–Crippen MR) is 128 cm³/mol. The molecule has 8 nitrogen and oxygen atoms in total. The molecule has 174 valence electrons. The van der Waals surface area contributed by atoms with Crippen molar-refractivity contribution < 1.29 is 23.9 Å². The maximum Gasteiger partial charge on any atom is 0.255 e. The molecule has 1 aliphatic rings. The highest BCUT2D eigenvalue weighted by molar-refractivity contribution is 6.04. The summed E-state index contributed by atoms with van der Waals surface area (Å²) in [5, 5.41) is 5.60. The summed E-state index contributed by atoms with van der Waals surface area (Å²) in [6, 6.07) is 20.6. The van der Waals surface area contributed by atoms with E-state index in [9.17, 15) is 14.4 Å². The fourth-order valence-corrected chi connectivity index (χ4v) is 3.49. The SMILES string of the molecule is CCN(CC(=O)Nc1ccc2c(c1)OCCO2)C(=O)c1ccc(NC(=O)c2ccccc2)cc1. The van der Waals surface area contributed by atoms with Crippen molar-refractivity contribution in [3.05, 3.63) is 83.9 Å². The van der Waals surface area contributed by atoms with Crippen LogP contribution in [0.15, 0.2) is 72.8 Å². The lowest BCUT2D eigenvalue weighted by molar-refractivity contribution is -0.116. The first kappa shape index (κ1) is 22.8. The summed E-state index contributed by atoms with van der Waals surface area (Å²) >= 11 is 0. The molecule has 4 rings (SSSR count). The Balaban J connectivity index is 1.35. The number of likely N-dealkylation sites (N-methyl/N-ethyl adjacent to an activating group) is 1. The summed E-state index contributed by atoms with van der Waals surface area (Å²) < 4.78 is 11.0. The van der Waals surface area contributed by atoms with Crippen LogP contribution in [-0.2, 0) is 4.79 Å². The van der Waals surface area contributed by atoms with Crippen LogP contribution in [0, 0.1) is 0 Å². The monoisotopic (exact) mass is 459 g/mol. The van der Waals surface area contributed by atoms with E-state index in [2.05, 4.69) is 10.6 Å². The van der Waals surface area contributed by atoms with Crippen molar-refractivity contribution in [2.75, 3.05) is 36.9 Å². The molecule has 3 aromatic carbocycles. The van der Waals surface area contributed by atoms with Gasteiger partial charge in [0.1, 0.15) is 19.8 Å². The third-order valence-corrected chi connectivity index (χ3v) is 5.26. The molecule has 0 atom stereocenters. The molecule has 0 radical (unpaired) electrons. The van der Waals surface area contributed by atoms with Crippen molar-refractivity contribution in [3.63, 3.8) is 0 Å². The van der Waals surface area contributed by atoms with Crippen LogP contribution in [0.2, 0.25) is 0 Å². The maximum absolute atomic E-state index is 12.9. The Kier molecular flexibility index (Phi) is 7.07. The van der Waals surface area contributed by atoms with Crippen molar-refractivity contribution in [2.45, 2.75) is 6.92 Å². The standard InChI is InChI=1S/C26H25N3O5/c1-2-29(17-24(30)27-21-12-13-22-23(16-21)34-15-14-33-22)26(32)19-8-10-20(11-9-19)28-25(31)18-6-4-3-5-7-18/h3-13,16H,2,14-15,17H2,1H3,(H,27,30)(H,28,31). The summed E-state index contributed by atoms with van der Waals surface area (Å²) in [4.78, 5) is 39.2. The van der Waals surface area contributed by atoms with E-state index in [0.29, 0.717) is 53.8 Å². The molecule has 3 amide bonds. The van der Waals surface area contributed by atoms with Gasteiger partial charge in [-0.2, -0.15) is 0 Å². The molecule has 1 aliphatic heterocycles. The highest BCUT2D eigenvalue weighted by atomic mass is 16.6. The Hall–Kier alpha value is -4.33. The molecule has 0 aromatic heterocycles. The summed E-state index contributed by atoms with van der Waals surface area (Å²) in [6.45, 7) is 3.02. The second kappa shape index (κ2) is 10.5. The molecule has 0 bridgehead atoms. The third-order valence-electron chi connectivity index (χ3n) is 5.26. The topological polar surface area (TPSA) is 97.0 Å². The van der Waals surface area contributed by atoms with Gasteiger partial charge in [0.25, 0.3) is 11.8 Å². The number of ether oxygens (including phenoxy) is 2. The highest BCUT2D eigenvalue weighted by Crippen LogP contribution is 2.32. The summed E-state index contributed by atoms with van der Waals surface area (Å²) in [5.41, 5.74) is 2.11. The van der Waals surface area contributed by atoms with Gasteiger partial charge >= 0.3 is 0 Å². The van der Waals surface area contributed by atoms with E-state index in [1.165, 1.54) is 4.90 Å². The fraction of sp³-hybridized carbons (Fsp3) is 0.192. The van der Waals surface area contributed by atoms with Crippen molar-refractivity contribution in [1.82, 2.24) is 4.90 Å². The van der Waals surface area contributed by atoms with Crippen molar-refractivity contribution >= 4 is 29.1 Å². The Labute approximate surface area is 197 Å². The molecular weight excluding hydrogens is 434 g/mol. The molecule has 3 aromatic rings. The largest absolute Gasteiger partial charge is 0.486 e. The van der Waals surface area contributed by atoms with Gasteiger partial charge in [-0.25, -0.2) is 0 Å². The van der Waals surface area contributed by atoms with E-state index in [0.717, 1.165) is 0 Å². The number of hydrogen-bond acceptors (Lipinski definition) is 5. The maximum atomic E-state index is 12.9. The Morgan fingerprint density at radius 2 is 1.47 bits per heavy atom. The Morgan fingerprint density at radius 1 is 0.794 bits per heavy atom. The number of benzene rings is 3. The molecule has 0 aliphatic carbocycles. The van der Waals surface area contributed by atoms with Gasteiger partial charge in [0.05, 0.1) is 0 Å². The minimum atomic E-state index is -0.321. The number of carbonyl (C=O) groups is 3. The highest BCUT2D eigenvalue weighted by Gasteiger charge is 2.19. The molecule has 2 N–H and O–H groups in total. The average molecular weight is 460 g/mol. The van der Waals surface area contributed by atoms with Crippen LogP contribution in [0.5, 0.6) is 11.5 Å². The van der Waals surface area contributed by atoms with Gasteiger partial charge < -0.3 is 25.0 Å². The number of fused-ring (bicyclic) bond motifs is 1. The lowest BCUT2D eigenvalue weighted by atomic mass is 10.1. The van der Waals surface area contributed by atoms with Gasteiger partial charge in [-0.05, 0) is 55.5 Å². The normalized spacial score (nSPS) is 11.9. The molecular formula is C26H25N3O5. The van der Waals surface area contributed by atoms with E-state index in [1.807, 2.05) is 13.0 Å². The lowest BCUT2D eigenvalue weighted by Crippen LogP contribution is -2.37. The molecule has 0 unspecified atom stereocenters. The Morgan fingerprint density at radius 3 is 2.18 bits per heavy atom. The first-order chi connectivity index (χ1) is 16.5. The summed E-state index contributed by atoms with van der Waals surface area (Å²) in [5.74, 6) is 0.384. The van der Waals surface area contributed by atoms with E-state index in [1.54, 1.807) is 66.7 Å². The molecule has 34 heavy (non-hydrogen) atoms. The zero-order valence-electron chi connectivity index (χ0n) is 18.7. The second-order valence-corrected chi connectivity index (χ2v) is 7.62. The smallest absolute Gasteiger partial charge is 0.255 e. The van der Waals surface area contributed by atoms with Crippen LogP contribution >= 0.6 is 0 Å². The second-order valence-electron chi connectivity index (χ2n) is 7.62. The summed E-state index contributed by atoms with van der Waals surface area (Å²) in [7, 11) is 0. The number of nitrogens with zero attached hydrogens (tertiary/aromatic N) is 1. The first-order valence-corrected chi connectivity index (χ1v) is 11.0. The minimum absolute atomic E-state index is 0.101. The predicted octanol–water partition coefficient (Wildman–Crippen LogP) is 3.81. The number of amides is 3. The van der Waals surface area contributed by atoms with Crippen molar-refractivity contribution in [3.8, 4) is 11.5 Å². The van der Waals surface area contributed by atoms with Gasteiger partial charge in [-0.3, -0.25) is 14.4 Å². The first-order valence-electron chi connectivity index (χ1n) is 11.0. The Bertz CT molecular complexity index is 1180. The third kappa shape index (κ3) is 5.53. The van der Waals surface area contributed by atoms with Gasteiger partial charge in [0.2, 0.25) is 5.91 Å². The molecule has 1 heterocycles. The molecule has 0 fully saturated rings. The molecule has 0 spiro atoms. The fourth-order valence-electron chi connectivity index (χ4n) is 3.49. The average Bonchev–Trinajstić information content (AvgIpc) is 2.87. The molecule has 8 heteroatoms. The van der Waals surface area contributed by atoms with Crippen LogP contribution in [0.3, 0.4) is 0 Å².